The van der Waals surface area contributed by atoms with Gasteiger partial charge < -0.3 is 9.64 Å². The number of allylic oxidation sites excluding steroid dienone is 1. The number of ether oxygens (including phenoxy) is 1. The summed E-state index contributed by atoms with van der Waals surface area (Å²) in [7, 11) is 0. The van der Waals surface area contributed by atoms with Crippen molar-refractivity contribution in [3.8, 4) is 0 Å². The van der Waals surface area contributed by atoms with Gasteiger partial charge in [-0.25, -0.2) is 9.78 Å². The molecule has 5 nitrogen and oxygen atoms in total. The molecule has 3 aromatic rings. The Hall–Kier alpha value is -3.47. The van der Waals surface area contributed by atoms with Crippen molar-refractivity contribution in [3.63, 3.8) is 0 Å². The van der Waals surface area contributed by atoms with Gasteiger partial charge in [-0.2, -0.15) is 0 Å². The van der Waals surface area contributed by atoms with E-state index in [1.165, 1.54) is 5.56 Å². The summed E-state index contributed by atoms with van der Waals surface area (Å²) in [6.45, 7) is 3.36. The molecule has 0 atom stereocenters. The lowest BCUT2D eigenvalue weighted by atomic mass is 10.0. The van der Waals surface area contributed by atoms with E-state index in [0.29, 0.717) is 5.56 Å². The number of aromatic nitrogens is 1. The van der Waals surface area contributed by atoms with Gasteiger partial charge in [-0.3, -0.25) is 4.79 Å². The SMILES string of the molecule is Cc1ccc(C=C2CCc3c2nc2ccccc2c3C(=O)OCC(=O)N2CCCCCC2)cc1. The van der Waals surface area contributed by atoms with Gasteiger partial charge in [0.05, 0.1) is 16.8 Å². The summed E-state index contributed by atoms with van der Waals surface area (Å²) >= 11 is 0. The zero-order chi connectivity index (χ0) is 23.5. The number of aryl methyl sites for hydroxylation is 1. The van der Waals surface area contributed by atoms with Crippen LogP contribution in [0.4, 0.5) is 0 Å². The average Bonchev–Trinajstić information content (AvgIpc) is 3.06. The quantitative estimate of drug-likeness (QED) is 0.482. The van der Waals surface area contributed by atoms with Crippen molar-refractivity contribution in [1.82, 2.24) is 9.88 Å². The summed E-state index contributed by atoms with van der Waals surface area (Å²) in [4.78, 5) is 32.8. The third kappa shape index (κ3) is 4.60. The second kappa shape index (κ2) is 9.80. The number of para-hydroxylation sites is 1. The van der Waals surface area contributed by atoms with Gasteiger partial charge in [-0.05, 0) is 61.4 Å². The maximum atomic E-state index is 13.3. The number of carbonyl (C=O) groups excluding carboxylic acids is 2. The van der Waals surface area contributed by atoms with Crippen molar-refractivity contribution in [1.29, 1.82) is 0 Å². The van der Waals surface area contributed by atoms with E-state index >= 15 is 0 Å². The molecule has 0 N–H and O–H groups in total. The molecule has 1 fully saturated rings. The number of hydrogen-bond donors (Lipinski definition) is 0. The molecule has 1 amide bonds. The van der Waals surface area contributed by atoms with Crippen LogP contribution in [-0.2, 0) is 16.0 Å². The van der Waals surface area contributed by atoms with E-state index in [0.717, 1.165) is 84.9 Å². The highest BCUT2D eigenvalue weighted by molar-refractivity contribution is 6.07. The fourth-order valence-corrected chi connectivity index (χ4v) is 4.99. The number of pyridine rings is 1. The molecule has 0 unspecified atom stereocenters. The van der Waals surface area contributed by atoms with Crippen LogP contribution in [0.1, 0.15) is 64.8 Å². The predicted octanol–water partition coefficient (Wildman–Crippen LogP) is 5.59. The molecule has 5 rings (SSSR count). The van der Waals surface area contributed by atoms with Crippen molar-refractivity contribution in [2.24, 2.45) is 0 Å². The number of likely N-dealkylation sites (tertiary alicyclic amines) is 1. The zero-order valence-electron chi connectivity index (χ0n) is 19.7. The molecule has 5 heteroatoms. The minimum Gasteiger partial charge on any atom is -0.452 e. The monoisotopic (exact) mass is 454 g/mol. The minimum atomic E-state index is -0.436. The molecular weight excluding hydrogens is 424 g/mol. The average molecular weight is 455 g/mol. The van der Waals surface area contributed by atoms with Gasteiger partial charge >= 0.3 is 5.97 Å². The standard InChI is InChI=1S/C29H30N2O3/c1-20-10-12-21(13-11-20)18-22-14-15-24-27(23-8-4-5-9-25(23)30-28(22)24)29(33)34-19-26(32)31-16-6-2-3-7-17-31/h4-5,8-13,18H,2-3,6-7,14-17,19H2,1H3. The third-order valence-corrected chi connectivity index (χ3v) is 6.85. The van der Waals surface area contributed by atoms with Crippen molar-refractivity contribution in [2.75, 3.05) is 19.7 Å². The van der Waals surface area contributed by atoms with E-state index in [4.69, 9.17) is 9.72 Å². The highest BCUT2D eigenvalue weighted by atomic mass is 16.5. The van der Waals surface area contributed by atoms with Crippen LogP contribution in [0.2, 0.25) is 0 Å². The summed E-state index contributed by atoms with van der Waals surface area (Å²) in [5, 5.41) is 0.782. The molecule has 174 valence electrons. The van der Waals surface area contributed by atoms with Gasteiger partial charge in [0.15, 0.2) is 6.61 Å². The lowest BCUT2D eigenvalue weighted by Gasteiger charge is -2.20. The molecule has 2 aromatic carbocycles. The summed E-state index contributed by atoms with van der Waals surface area (Å²) in [5.41, 5.74) is 6.57. The molecule has 1 aliphatic heterocycles. The van der Waals surface area contributed by atoms with Crippen LogP contribution in [-0.4, -0.2) is 41.5 Å². The van der Waals surface area contributed by atoms with Crippen molar-refractivity contribution in [2.45, 2.75) is 45.4 Å². The molecule has 0 spiro atoms. The fourth-order valence-electron chi connectivity index (χ4n) is 4.99. The molecular formula is C29H30N2O3. The summed E-state index contributed by atoms with van der Waals surface area (Å²) in [6.07, 6.45) is 8.03. The van der Waals surface area contributed by atoms with Crippen molar-refractivity contribution >= 4 is 34.4 Å². The third-order valence-electron chi connectivity index (χ3n) is 6.85. The number of rotatable bonds is 4. The Morgan fingerprint density at radius 3 is 2.47 bits per heavy atom. The van der Waals surface area contributed by atoms with E-state index in [2.05, 4.69) is 37.3 Å². The summed E-state index contributed by atoms with van der Waals surface area (Å²) in [6, 6.07) is 16.1. The normalized spacial score (nSPS) is 17.0. The van der Waals surface area contributed by atoms with Gasteiger partial charge in [0.1, 0.15) is 0 Å². The Kier molecular flexibility index (Phi) is 6.43. The molecule has 2 heterocycles. The molecule has 1 saturated heterocycles. The van der Waals surface area contributed by atoms with Crippen LogP contribution in [0.25, 0.3) is 22.6 Å². The lowest BCUT2D eigenvalue weighted by Crippen LogP contribution is -2.35. The van der Waals surface area contributed by atoms with Gasteiger partial charge in [-0.1, -0.05) is 60.9 Å². The molecule has 0 saturated carbocycles. The molecule has 2 aliphatic rings. The number of hydrogen-bond acceptors (Lipinski definition) is 4. The van der Waals surface area contributed by atoms with Crippen molar-refractivity contribution < 1.29 is 14.3 Å². The smallest absolute Gasteiger partial charge is 0.339 e. The minimum absolute atomic E-state index is 0.106. The van der Waals surface area contributed by atoms with Crippen LogP contribution in [0.15, 0.2) is 48.5 Å². The molecule has 0 bridgehead atoms. The van der Waals surface area contributed by atoms with E-state index in [1.807, 2.05) is 29.2 Å². The Balaban J connectivity index is 1.44. The number of fused-ring (bicyclic) bond motifs is 2. The molecule has 34 heavy (non-hydrogen) atoms. The number of nitrogens with zero attached hydrogens (tertiary/aromatic N) is 2. The second-order valence-corrected chi connectivity index (χ2v) is 9.28. The highest BCUT2D eigenvalue weighted by Crippen LogP contribution is 2.37. The summed E-state index contributed by atoms with van der Waals surface area (Å²) in [5.74, 6) is -0.542. The topological polar surface area (TPSA) is 59.5 Å². The number of esters is 1. The van der Waals surface area contributed by atoms with Gasteiger partial charge in [0, 0.05) is 18.5 Å². The van der Waals surface area contributed by atoms with Crippen LogP contribution >= 0.6 is 0 Å². The van der Waals surface area contributed by atoms with E-state index in [-0.39, 0.29) is 12.5 Å². The van der Waals surface area contributed by atoms with Crippen LogP contribution in [0.3, 0.4) is 0 Å². The Bertz CT molecular complexity index is 1250. The lowest BCUT2D eigenvalue weighted by molar-refractivity contribution is -0.134. The number of amides is 1. The largest absolute Gasteiger partial charge is 0.452 e. The Morgan fingerprint density at radius 1 is 0.971 bits per heavy atom. The first-order valence-corrected chi connectivity index (χ1v) is 12.2. The van der Waals surface area contributed by atoms with Crippen LogP contribution in [0.5, 0.6) is 0 Å². The van der Waals surface area contributed by atoms with Crippen molar-refractivity contribution in [3.05, 3.63) is 76.5 Å². The Morgan fingerprint density at radius 2 is 1.71 bits per heavy atom. The van der Waals surface area contributed by atoms with E-state index < -0.39 is 5.97 Å². The van der Waals surface area contributed by atoms with Crippen LogP contribution < -0.4 is 0 Å². The second-order valence-electron chi connectivity index (χ2n) is 9.28. The molecule has 0 radical (unpaired) electrons. The van der Waals surface area contributed by atoms with Gasteiger partial charge in [0.2, 0.25) is 0 Å². The first-order chi connectivity index (χ1) is 16.6. The fraction of sp³-hybridized carbons (Fsp3) is 0.345. The first kappa shape index (κ1) is 22.3. The van der Waals surface area contributed by atoms with Gasteiger partial charge in [-0.15, -0.1) is 0 Å². The maximum absolute atomic E-state index is 13.3. The Labute approximate surface area is 200 Å². The van der Waals surface area contributed by atoms with Crippen LogP contribution in [0, 0.1) is 6.92 Å². The number of carbonyl (C=O) groups is 2. The predicted molar refractivity (Wildman–Crippen MR) is 134 cm³/mol. The van der Waals surface area contributed by atoms with Gasteiger partial charge in [0.25, 0.3) is 5.91 Å². The highest BCUT2D eigenvalue weighted by Gasteiger charge is 2.28. The number of benzene rings is 2. The van der Waals surface area contributed by atoms with E-state index in [9.17, 15) is 9.59 Å². The molecule has 1 aliphatic carbocycles. The zero-order valence-corrected chi connectivity index (χ0v) is 19.7. The summed E-state index contributed by atoms with van der Waals surface area (Å²) < 4.78 is 5.61. The van der Waals surface area contributed by atoms with E-state index in [1.54, 1.807) is 0 Å². The maximum Gasteiger partial charge on any atom is 0.339 e. The molecule has 1 aromatic heterocycles. The first-order valence-electron chi connectivity index (χ1n) is 12.2.